The zero-order chi connectivity index (χ0) is 14.1. The second-order valence-corrected chi connectivity index (χ2v) is 5.42. The van der Waals surface area contributed by atoms with Gasteiger partial charge in [-0.1, -0.05) is 62.6 Å². The van der Waals surface area contributed by atoms with Crippen LogP contribution >= 0.6 is 0 Å². The molecule has 1 nitrogen and oxygen atoms in total. The molecular formula is C18H26O. The van der Waals surface area contributed by atoms with E-state index in [9.17, 15) is 4.79 Å². The summed E-state index contributed by atoms with van der Waals surface area (Å²) in [6.45, 7) is 8.05. The molecule has 0 N–H and O–H groups in total. The number of ketones is 1. The molecule has 0 fully saturated rings. The average molecular weight is 258 g/mol. The number of hydrogen-bond donors (Lipinski definition) is 0. The van der Waals surface area contributed by atoms with Crippen molar-refractivity contribution in [2.45, 2.75) is 57.8 Å². The van der Waals surface area contributed by atoms with Gasteiger partial charge in [0.1, 0.15) is 5.78 Å². The molecule has 19 heavy (non-hydrogen) atoms. The first-order valence-electron chi connectivity index (χ1n) is 7.35. The zero-order valence-electron chi connectivity index (χ0n) is 12.3. The highest BCUT2D eigenvalue weighted by atomic mass is 16.1. The Morgan fingerprint density at radius 3 is 2.47 bits per heavy atom. The summed E-state index contributed by atoms with van der Waals surface area (Å²) in [5, 5.41) is 0. The minimum atomic E-state index is -0.408. The van der Waals surface area contributed by atoms with Crippen LogP contribution in [0, 0.1) is 0 Å². The summed E-state index contributed by atoms with van der Waals surface area (Å²) < 4.78 is 0. The van der Waals surface area contributed by atoms with E-state index in [1.54, 1.807) is 0 Å². The fourth-order valence-electron chi connectivity index (χ4n) is 2.48. The molecule has 0 heterocycles. The number of carbonyl (C=O) groups is 1. The van der Waals surface area contributed by atoms with E-state index < -0.39 is 5.41 Å². The van der Waals surface area contributed by atoms with Gasteiger partial charge >= 0.3 is 0 Å². The van der Waals surface area contributed by atoms with Crippen LogP contribution in [0.15, 0.2) is 43.0 Å². The number of Topliss-reactive ketones (excluding diaryl/α,β-unsaturated/α-hetero) is 1. The van der Waals surface area contributed by atoms with Crippen LogP contribution < -0.4 is 0 Å². The Hall–Kier alpha value is -1.37. The number of allylic oxidation sites excluding steroid dienone is 1. The maximum absolute atomic E-state index is 12.6. The highest BCUT2D eigenvalue weighted by Crippen LogP contribution is 2.31. The lowest BCUT2D eigenvalue weighted by Gasteiger charge is -2.27. The van der Waals surface area contributed by atoms with Crippen LogP contribution in [0.25, 0.3) is 0 Å². The van der Waals surface area contributed by atoms with Gasteiger partial charge in [0, 0.05) is 6.42 Å². The summed E-state index contributed by atoms with van der Waals surface area (Å²) in [5.74, 6) is 0.342. The fourth-order valence-corrected chi connectivity index (χ4v) is 2.48. The summed E-state index contributed by atoms with van der Waals surface area (Å²) in [5.41, 5.74) is 0.699. The first-order valence-corrected chi connectivity index (χ1v) is 7.35. The highest BCUT2D eigenvalue weighted by Gasteiger charge is 2.32. The third-order valence-electron chi connectivity index (χ3n) is 3.84. The van der Waals surface area contributed by atoms with Crippen molar-refractivity contribution in [1.29, 1.82) is 0 Å². The van der Waals surface area contributed by atoms with Gasteiger partial charge in [-0.2, -0.15) is 0 Å². The van der Waals surface area contributed by atoms with Crippen molar-refractivity contribution < 1.29 is 4.79 Å². The molecule has 0 amide bonds. The van der Waals surface area contributed by atoms with Gasteiger partial charge in [0.05, 0.1) is 5.41 Å². The van der Waals surface area contributed by atoms with Gasteiger partial charge in [0.2, 0.25) is 0 Å². The van der Waals surface area contributed by atoms with E-state index in [0.717, 1.165) is 18.4 Å². The minimum absolute atomic E-state index is 0.342. The van der Waals surface area contributed by atoms with Crippen LogP contribution in [0.4, 0.5) is 0 Å². The van der Waals surface area contributed by atoms with E-state index in [-0.39, 0.29) is 0 Å². The first kappa shape index (κ1) is 15.7. The predicted octanol–water partition coefficient (Wildman–Crippen LogP) is 5.06. The van der Waals surface area contributed by atoms with Crippen molar-refractivity contribution in [1.82, 2.24) is 0 Å². The third kappa shape index (κ3) is 4.34. The Balaban J connectivity index is 2.75. The van der Waals surface area contributed by atoms with E-state index in [0.29, 0.717) is 18.6 Å². The summed E-state index contributed by atoms with van der Waals surface area (Å²) in [6.07, 6.45) is 7.83. The van der Waals surface area contributed by atoms with Crippen LogP contribution in [-0.2, 0) is 10.2 Å². The maximum Gasteiger partial charge on any atom is 0.143 e. The van der Waals surface area contributed by atoms with Crippen molar-refractivity contribution in [2.24, 2.45) is 0 Å². The van der Waals surface area contributed by atoms with Crippen molar-refractivity contribution >= 4 is 5.78 Å². The van der Waals surface area contributed by atoms with Crippen molar-refractivity contribution in [3.63, 3.8) is 0 Å². The third-order valence-corrected chi connectivity index (χ3v) is 3.84. The fraction of sp³-hybridized carbons (Fsp3) is 0.500. The molecule has 0 spiro atoms. The van der Waals surface area contributed by atoms with Crippen molar-refractivity contribution in [2.75, 3.05) is 0 Å². The number of unbranched alkanes of at least 4 members (excludes halogenated alkanes) is 3. The van der Waals surface area contributed by atoms with E-state index in [1.807, 2.05) is 43.3 Å². The molecular weight excluding hydrogens is 232 g/mol. The molecule has 1 unspecified atom stereocenters. The topological polar surface area (TPSA) is 17.1 Å². The molecule has 0 aliphatic heterocycles. The molecule has 0 saturated carbocycles. The molecule has 0 saturated heterocycles. The van der Waals surface area contributed by atoms with Gasteiger partial charge in [-0.05, 0) is 25.3 Å². The van der Waals surface area contributed by atoms with E-state index in [2.05, 4.69) is 13.5 Å². The lowest BCUT2D eigenvalue weighted by atomic mass is 9.74. The molecule has 0 aliphatic rings. The summed E-state index contributed by atoms with van der Waals surface area (Å²) in [6, 6.07) is 10.1. The van der Waals surface area contributed by atoms with Gasteiger partial charge in [0.25, 0.3) is 0 Å². The van der Waals surface area contributed by atoms with Gasteiger partial charge in [0.15, 0.2) is 0 Å². The SMILES string of the molecule is C=CCC(C)(C(=O)CCCCCC)c1ccccc1. The molecule has 1 heteroatoms. The van der Waals surface area contributed by atoms with Gasteiger partial charge in [-0.25, -0.2) is 0 Å². The molecule has 0 aromatic heterocycles. The average Bonchev–Trinajstić information content (AvgIpc) is 2.44. The number of benzene rings is 1. The highest BCUT2D eigenvalue weighted by molar-refractivity contribution is 5.89. The summed E-state index contributed by atoms with van der Waals surface area (Å²) in [7, 11) is 0. The number of rotatable bonds is 9. The van der Waals surface area contributed by atoms with Crippen molar-refractivity contribution in [3.05, 3.63) is 48.6 Å². The molecule has 1 rings (SSSR count). The Morgan fingerprint density at radius 1 is 1.21 bits per heavy atom. The second-order valence-electron chi connectivity index (χ2n) is 5.42. The van der Waals surface area contributed by atoms with E-state index in [4.69, 9.17) is 0 Å². The lowest BCUT2D eigenvalue weighted by molar-refractivity contribution is -0.124. The second kappa shape index (κ2) is 7.93. The van der Waals surface area contributed by atoms with Crippen molar-refractivity contribution in [3.8, 4) is 0 Å². The standard InChI is InChI=1S/C18H26O/c1-4-6-7-11-14-17(19)18(3,15-5-2)16-12-9-8-10-13-16/h5,8-10,12-13H,2,4,6-7,11,14-15H2,1,3H3. The van der Waals surface area contributed by atoms with E-state index in [1.165, 1.54) is 12.8 Å². The quantitative estimate of drug-likeness (QED) is 0.447. The largest absolute Gasteiger partial charge is 0.299 e. The predicted molar refractivity (Wildman–Crippen MR) is 82.4 cm³/mol. The maximum atomic E-state index is 12.6. The Labute approximate surface area is 117 Å². The monoisotopic (exact) mass is 258 g/mol. The molecule has 0 radical (unpaired) electrons. The Kier molecular flexibility index (Phi) is 6.55. The van der Waals surface area contributed by atoms with Gasteiger partial charge < -0.3 is 0 Å². The number of hydrogen-bond acceptors (Lipinski definition) is 1. The zero-order valence-corrected chi connectivity index (χ0v) is 12.3. The molecule has 1 aromatic carbocycles. The van der Waals surface area contributed by atoms with Gasteiger partial charge in [-0.15, -0.1) is 6.58 Å². The summed E-state index contributed by atoms with van der Waals surface area (Å²) in [4.78, 5) is 12.6. The van der Waals surface area contributed by atoms with E-state index >= 15 is 0 Å². The Morgan fingerprint density at radius 2 is 1.89 bits per heavy atom. The normalized spacial score (nSPS) is 13.8. The molecule has 104 valence electrons. The minimum Gasteiger partial charge on any atom is -0.299 e. The first-order chi connectivity index (χ1) is 9.15. The molecule has 1 aromatic rings. The van der Waals surface area contributed by atoms with Crippen LogP contribution in [0.3, 0.4) is 0 Å². The van der Waals surface area contributed by atoms with Gasteiger partial charge in [-0.3, -0.25) is 4.79 Å². The smallest absolute Gasteiger partial charge is 0.143 e. The Bertz CT molecular complexity index is 393. The molecule has 0 bridgehead atoms. The molecule has 1 atom stereocenters. The van der Waals surface area contributed by atoms with Crippen LogP contribution in [0.2, 0.25) is 0 Å². The lowest BCUT2D eigenvalue weighted by Crippen LogP contribution is -2.32. The van der Waals surface area contributed by atoms with Crippen LogP contribution in [0.1, 0.15) is 57.9 Å². The molecule has 0 aliphatic carbocycles. The number of carbonyl (C=O) groups excluding carboxylic acids is 1. The summed E-state index contributed by atoms with van der Waals surface area (Å²) >= 11 is 0. The van der Waals surface area contributed by atoms with Crippen LogP contribution in [0.5, 0.6) is 0 Å². The van der Waals surface area contributed by atoms with Crippen LogP contribution in [-0.4, -0.2) is 5.78 Å².